The first-order chi connectivity index (χ1) is 9.74. The Hall–Kier alpha value is -1.46. The molecule has 0 spiro atoms. The van der Waals surface area contributed by atoms with Crippen LogP contribution >= 0.6 is 0 Å². The minimum absolute atomic E-state index is 0.0587. The summed E-state index contributed by atoms with van der Waals surface area (Å²) >= 11 is 0. The molecule has 2 saturated heterocycles. The molecule has 0 radical (unpaired) electrons. The Morgan fingerprint density at radius 3 is 2.80 bits per heavy atom. The number of benzene rings is 1. The van der Waals surface area contributed by atoms with Gasteiger partial charge in [-0.2, -0.15) is 0 Å². The summed E-state index contributed by atoms with van der Waals surface area (Å²) in [5.41, 5.74) is 0.744. The van der Waals surface area contributed by atoms with Crippen molar-refractivity contribution in [2.24, 2.45) is 5.92 Å². The number of anilines is 1. The molecule has 0 aromatic heterocycles. The van der Waals surface area contributed by atoms with E-state index < -0.39 is 0 Å². The molecule has 2 fully saturated rings. The highest BCUT2D eigenvalue weighted by molar-refractivity contribution is 5.94. The van der Waals surface area contributed by atoms with Gasteiger partial charge < -0.3 is 15.0 Å². The summed E-state index contributed by atoms with van der Waals surface area (Å²) in [5.74, 6) is 0.0962. The summed E-state index contributed by atoms with van der Waals surface area (Å²) in [6.07, 6.45) is 2.34. The lowest BCUT2D eigenvalue weighted by Crippen LogP contribution is -2.52. The quantitative estimate of drug-likeness (QED) is 0.892. The Bertz CT molecular complexity index is 471. The highest BCUT2D eigenvalue weighted by atomic mass is 19.1. The molecule has 2 aliphatic heterocycles. The number of ether oxygens (including phenoxy) is 1. The van der Waals surface area contributed by atoms with Gasteiger partial charge in [-0.3, -0.25) is 4.79 Å². The van der Waals surface area contributed by atoms with Crippen molar-refractivity contribution in [1.82, 2.24) is 5.32 Å². The highest BCUT2D eigenvalue weighted by Gasteiger charge is 2.33. The van der Waals surface area contributed by atoms with Crippen LogP contribution in [0.25, 0.3) is 0 Å². The van der Waals surface area contributed by atoms with Crippen LogP contribution in [0.15, 0.2) is 24.3 Å². The maximum Gasteiger partial charge on any atom is 0.253 e. The number of hydrogen-bond acceptors (Lipinski definition) is 3. The number of nitrogens with one attached hydrogen (secondary N) is 1. The molecule has 3 rings (SSSR count). The predicted octanol–water partition coefficient (Wildman–Crippen LogP) is 1.56. The van der Waals surface area contributed by atoms with Crippen LogP contribution in [0.3, 0.4) is 0 Å². The standard InChI is InChI=1S/C15H19FN2O2/c16-12-3-5-13(6-4-12)18-9-14(20-10-15(18)19)11-2-1-7-17-8-11/h3-6,11,14,17H,1-2,7-10H2. The zero-order chi connectivity index (χ0) is 13.9. The molecule has 2 heterocycles. The Labute approximate surface area is 117 Å². The van der Waals surface area contributed by atoms with Crippen LogP contribution in [-0.2, 0) is 9.53 Å². The molecule has 0 aliphatic carbocycles. The van der Waals surface area contributed by atoms with Gasteiger partial charge in [0.2, 0.25) is 0 Å². The van der Waals surface area contributed by atoms with Gasteiger partial charge in [0, 0.05) is 12.2 Å². The van der Waals surface area contributed by atoms with Gasteiger partial charge in [-0.05, 0) is 49.6 Å². The molecule has 108 valence electrons. The lowest BCUT2D eigenvalue weighted by Gasteiger charge is -2.38. The lowest BCUT2D eigenvalue weighted by molar-refractivity contribution is -0.131. The molecular weight excluding hydrogens is 259 g/mol. The van der Waals surface area contributed by atoms with Gasteiger partial charge in [-0.1, -0.05) is 0 Å². The number of halogens is 1. The lowest BCUT2D eigenvalue weighted by atomic mass is 9.92. The largest absolute Gasteiger partial charge is 0.366 e. The number of piperidine rings is 1. The number of rotatable bonds is 2. The van der Waals surface area contributed by atoms with E-state index in [2.05, 4.69) is 5.32 Å². The summed E-state index contributed by atoms with van der Waals surface area (Å²) in [7, 11) is 0. The first kappa shape index (κ1) is 13.5. The number of hydrogen-bond donors (Lipinski definition) is 1. The number of nitrogens with zero attached hydrogens (tertiary/aromatic N) is 1. The average Bonchev–Trinajstić information content (AvgIpc) is 2.50. The normalized spacial score (nSPS) is 27.6. The van der Waals surface area contributed by atoms with Gasteiger partial charge in [-0.15, -0.1) is 0 Å². The van der Waals surface area contributed by atoms with E-state index in [1.165, 1.54) is 12.1 Å². The molecule has 2 atom stereocenters. The minimum atomic E-state index is -0.289. The summed E-state index contributed by atoms with van der Waals surface area (Å²) in [4.78, 5) is 13.7. The van der Waals surface area contributed by atoms with E-state index in [0.717, 1.165) is 31.6 Å². The average molecular weight is 278 g/mol. The Kier molecular flexibility index (Phi) is 3.98. The smallest absolute Gasteiger partial charge is 0.253 e. The number of amides is 1. The summed E-state index contributed by atoms with van der Waals surface area (Å²) in [6, 6.07) is 6.06. The van der Waals surface area contributed by atoms with Crippen molar-refractivity contribution in [3.8, 4) is 0 Å². The third kappa shape index (κ3) is 2.83. The van der Waals surface area contributed by atoms with E-state index in [1.54, 1.807) is 17.0 Å². The maximum atomic E-state index is 13.0. The van der Waals surface area contributed by atoms with Crippen molar-refractivity contribution in [2.75, 3.05) is 31.1 Å². The summed E-state index contributed by atoms with van der Waals surface area (Å²) in [5, 5.41) is 3.37. The predicted molar refractivity (Wildman–Crippen MR) is 74.1 cm³/mol. The second-order valence-corrected chi connectivity index (χ2v) is 5.44. The Morgan fingerprint density at radius 1 is 1.30 bits per heavy atom. The second kappa shape index (κ2) is 5.89. The van der Waals surface area contributed by atoms with Crippen molar-refractivity contribution in [3.63, 3.8) is 0 Å². The fourth-order valence-corrected chi connectivity index (χ4v) is 2.94. The Morgan fingerprint density at radius 2 is 2.10 bits per heavy atom. The van der Waals surface area contributed by atoms with Gasteiger partial charge >= 0.3 is 0 Å². The van der Waals surface area contributed by atoms with E-state index in [0.29, 0.717) is 12.5 Å². The van der Waals surface area contributed by atoms with Crippen LogP contribution in [0.2, 0.25) is 0 Å². The molecule has 0 bridgehead atoms. The monoisotopic (exact) mass is 278 g/mol. The molecule has 0 saturated carbocycles. The van der Waals surface area contributed by atoms with Crippen LogP contribution in [0.4, 0.5) is 10.1 Å². The van der Waals surface area contributed by atoms with Gasteiger partial charge in [0.05, 0.1) is 12.6 Å². The third-order valence-electron chi connectivity index (χ3n) is 4.08. The van der Waals surface area contributed by atoms with Crippen molar-refractivity contribution >= 4 is 11.6 Å². The van der Waals surface area contributed by atoms with Crippen LogP contribution in [-0.4, -0.2) is 38.3 Å². The molecule has 1 N–H and O–H groups in total. The maximum absolute atomic E-state index is 13.0. The second-order valence-electron chi connectivity index (χ2n) is 5.44. The molecule has 1 aromatic rings. The van der Waals surface area contributed by atoms with Crippen LogP contribution in [0.1, 0.15) is 12.8 Å². The topological polar surface area (TPSA) is 41.6 Å². The SMILES string of the molecule is O=C1COC(C2CCCNC2)CN1c1ccc(F)cc1. The molecular formula is C15H19FN2O2. The molecule has 4 nitrogen and oxygen atoms in total. The Balaban J connectivity index is 1.72. The number of carbonyl (C=O) groups is 1. The first-order valence-electron chi connectivity index (χ1n) is 7.12. The van der Waals surface area contributed by atoms with Crippen molar-refractivity contribution in [3.05, 3.63) is 30.1 Å². The van der Waals surface area contributed by atoms with E-state index in [4.69, 9.17) is 4.74 Å². The van der Waals surface area contributed by atoms with Crippen LogP contribution in [0.5, 0.6) is 0 Å². The van der Waals surface area contributed by atoms with E-state index >= 15 is 0 Å². The summed E-state index contributed by atoms with van der Waals surface area (Å²) in [6.45, 7) is 2.66. The molecule has 2 aliphatic rings. The molecule has 1 amide bonds. The first-order valence-corrected chi connectivity index (χ1v) is 7.12. The van der Waals surface area contributed by atoms with Gasteiger partial charge in [-0.25, -0.2) is 4.39 Å². The van der Waals surface area contributed by atoms with Gasteiger partial charge in [0.15, 0.2) is 0 Å². The van der Waals surface area contributed by atoms with Gasteiger partial charge in [0.25, 0.3) is 5.91 Å². The minimum Gasteiger partial charge on any atom is -0.366 e. The number of carbonyl (C=O) groups excluding carboxylic acids is 1. The van der Waals surface area contributed by atoms with E-state index in [1.807, 2.05) is 0 Å². The fourth-order valence-electron chi connectivity index (χ4n) is 2.94. The molecule has 1 aromatic carbocycles. The molecule has 2 unspecified atom stereocenters. The van der Waals surface area contributed by atoms with Crippen molar-refractivity contribution < 1.29 is 13.9 Å². The van der Waals surface area contributed by atoms with E-state index in [9.17, 15) is 9.18 Å². The van der Waals surface area contributed by atoms with E-state index in [-0.39, 0.29) is 24.4 Å². The number of morpholine rings is 1. The van der Waals surface area contributed by atoms with Crippen molar-refractivity contribution in [1.29, 1.82) is 0 Å². The molecule has 20 heavy (non-hydrogen) atoms. The fraction of sp³-hybridized carbons (Fsp3) is 0.533. The zero-order valence-electron chi connectivity index (χ0n) is 11.3. The third-order valence-corrected chi connectivity index (χ3v) is 4.08. The van der Waals surface area contributed by atoms with Crippen molar-refractivity contribution in [2.45, 2.75) is 18.9 Å². The zero-order valence-corrected chi connectivity index (χ0v) is 11.3. The van der Waals surface area contributed by atoms with Gasteiger partial charge in [0.1, 0.15) is 12.4 Å². The van der Waals surface area contributed by atoms with Crippen LogP contribution in [0, 0.1) is 11.7 Å². The van der Waals surface area contributed by atoms with Crippen LogP contribution < -0.4 is 10.2 Å². The highest BCUT2D eigenvalue weighted by Crippen LogP contribution is 2.25. The summed E-state index contributed by atoms with van der Waals surface area (Å²) < 4.78 is 18.7. The molecule has 5 heteroatoms.